The summed E-state index contributed by atoms with van der Waals surface area (Å²) >= 11 is 5.48. The van der Waals surface area contributed by atoms with Crippen LogP contribution in [0.4, 0.5) is 4.39 Å². The highest BCUT2D eigenvalue weighted by Gasteiger charge is 2.17. The topological polar surface area (TPSA) is 43.4 Å². The lowest BCUT2D eigenvalue weighted by Gasteiger charge is -2.02. The van der Waals surface area contributed by atoms with E-state index in [-0.39, 0.29) is 10.6 Å². The summed E-state index contributed by atoms with van der Waals surface area (Å²) in [5.41, 5.74) is -0.201. The van der Waals surface area contributed by atoms with Gasteiger partial charge in [-0.2, -0.15) is 0 Å². The van der Waals surface area contributed by atoms with Crippen LogP contribution in [0.5, 0.6) is 0 Å². The van der Waals surface area contributed by atoms with E-state index < -0.39 is 24.0 Å². The first kappa shape index (κ1) is 11.7. The van der Waals surface area contributed by atoms with Crippen molar-refractivity contribution in [3.8, 4) is 0 Å². The normalized spacial score (nSPS) is 9.80. The Labute approximate surface area is 90.8 Å². The average molecular weight is 231 g/mol. The summed E-state index contributed by atoms with van der Waals surface area (Å²) in [5.74, 6) is -2.17. The van der Waals surface area contributed by atoms with Crippen molar-refractivity contribution >= 4 is 23.4 Å². The highest BCUT2D eigenvalue weighted by Crippen LogP contribution is 2.19. The van der Waals surface area contributed by atoms with E-state index in [0.717, 1.165) is 7.11 Å². The largest absolute Gasteiger partial charge is 0.469 e. The van der Waals surface area contributed by atoms with Gasteiger partial charge in [-0.05, 0) is 12.1 Å². The lowest BCUT2D eigenvalue weighted by atomic mass is 10.1. The predicted octanol–water partition coefficient (Wildman–Crippen LogP) is 2.22. The Bertz CT molecular complexity index is 404. The van der Waals surface area contributed by atoms with Crippen molar-refractivity contribution in [1.29, 1.82) is 0 Å². The number of Topliss-reactive ketones (excluding diaryl/α,β-unsaturated/α-hetero) is 1. The first-order valence-electron chi connectivity index (χ1n) is 4.10. The molecule has 0 heterocycles. The summed E-state index contributed by atoms with van der Waals surface area (Å²) in [7, 11) is 1.16. The Morgan fingerprint density at radius 1 is 1.47 bits per heavy atom. The molecule has 0 unspecified atom stereocenters. The number of ketones is 1. The van der Waals surface area contributed by atoms with Crippen molar-refractivity contribution in [2.24, 2.45) is 0 Å². The molecular weight excluding hydrogens is 223 g/mol. The Morgan fingerprint density at radius 3 is 2.73 bits per heavy atom. The van der Waals surface area contributed by atoms with Gasteiger partial charge in [-0.15, -0.1) is 0 Å². The lowest BCUT2D eigenvalue weighted by molar-refractivity contribution is -0.139. The van der Waals surface area contributed by atoms with E-state index in [4.69, 9.17) is 11.6 Å². The first-order valence-corrected chi connectivity index (χ1v) is 4.48. The number of esters is 1. The number of methoxy groups -OCH3 is 1. The minimum Gasteiger partial charge on any atom is -0.469 e. The molecule has 1 rings (SSSR count). The van der Waals surface area contributed by atoms with Crippen LogP contribution in [0.25, 0.3) is 0 Å². The second kappa shape index (κ2) is 4.89. The Morgan fingerprint density at radius 2 is 2.13 bits per heavy atom. The van der Waals surface area contributed by atoms with Crippen LogP contribution < -0.4 is 0 Å². The van der Waals surface area contributed by atoms with Crippen LogP contribution in [0, 0.1) is 5.82 Å². The first-order chi connectivity index (χ1) is 7.06. The second-order valence-corrected chi connectivity index (χ2v) is 3.18. The molecule has 0 saturated heterocycles. The van der Waals surface area contributed by atoms with Crippen LogP contribution in [-0.4, -0.2) is 18.9 Å². The quantitative estimate of drug-likeness (QED) is 0.454. The SMILES string of the molecule is COC(=O)CC(=O)c1cccc(Cl)c1F. The predicted molar refractivity (Wildman–Crippen MR) is 52.4 cm³/mol. The molecule has 0 amide bonds. The highest BCUT2D eigenvalue weighted by molar-refractivity contribution is 6.31. The van der Waals surface area contributed by atoms with Gasteiger partial charge in [-0.25, -0.2) is 4.39 Å². The molecule has 0 aromatic heterocycles. The minimum absolute atomic E-state index is 0.147. The average Bonchev–Trinajstić information content (AvgIpc) is 2.21. The Hall–Kier alpha value is -1.42. The lowest BCUT2D eigenvalue weighted by Crippen LogP contribution is -2.11. The van der Waals surface area contributed by atoms with Crippen molar-refractivity contribution in [3.63, 3.8) is 0 Å². The summed E-state index contributed by atoms with van der Waals surface area (Å²) in [6.45, 7) is 0. The zero-order chi connectivity index (χ0) is 11.4. The van der Waals surface area contributed by atoms with E-state index in [1.807, 2.05) is 0 Å². The molecule has 80 valence electrons. The molecule has 0 radical (unpaired) electrons. The van der Waals surface area contributed by atoms with Gasteiger partial charge in [0.1, 0.15) is 6.42 Å². The third-order valence-electron chi connectivity index (χ3n) is 1.78. The van der Waals surface area contributed by atoms with Crippen molar-refractivity contribution in [3.05, 3.63) is 34.6 Å². The van der Waals surface area contributed by atoms with Crippen LogP contribution in [-0.2, 0) is 9.53 Å². The van der Waals surface area contributed by atoms with Gasteiger partial charge in [0.05, 0.1) is 17.7 Å². The monoisotopic (exact) mass is 230 g/mol. The summed E-state index contributed by atoms with van der Waals surface area (Å²) < 4.78 is 17.6. The smallest absolute Gasteiger partial charge is 0.313 e. The number of rotatable bonds is 3. The van der Waals surface area contributed by atoms with E-state index in [0.29, 0.717) is 0 Å². The number of hydrogen-bond donors (Lipinski definition) is 0. The van der Waals surface area contributed by atoms with Crippen molar-refractivity contribution in [2.75, 3.05) is 7.11 Å². The molecule has 0 spiro atoms. The van der Waals surface area contributed by atoms with E-state index in [2.05, 4.69) is 4.74 Å². The van der Waals surface area contributed by atoms with E-state index in [1.54, 1.807) is 0 Å². The fourth-order valence-electron chi connectivity index (χ4n) is 1.02. The Kier molecular flexibility index (Phi) is 3.80. The Balaban J connectivity index is 2.92. The molecule has 0 aliphatic carbocycles. The van der Waals surface area contributed by atoms with Crippen molar-refractivity contribution in [1.82, 2.24) is 0 Å². The summed E-state index contributed by atoms with van der Waals surface area (Å²) in [4.78, 5) is 22.2. The van der Waals surface area contributed by atoms with Gasteiger partial charge in [-0.1, -0.05) is 17.7 Å². The maximum absolute atomic E-state index is 13.3. The van der Waals surface area contributed by atoms with Gasteiger partial charge >= 0.3 is 5.97 Å². The molecule has 5 heteroatoms. The summed E-state index contributed by atoms with van der Waals surface area (Å²) in [5, 5.41) is -0.147. The number of benzene rings is 1. The number of halogens is 2. The number of carbonyl (C=O) groups is 2. The molecule has 0 N–H and O–H groups in total. The molecule has 0 saturated carbocycles. The van der Waals surface area contributed by atoms with Gasteiger partial charge in [0, 0.05) is 0 Å². The second-order valence-electron chi connectivity index (χ2n) is 2.78. The molecule has 0 aliphatic rings. The van der Waals surface area contributed by atoms with Crippen LogP contribution in [0.1, 0.15) is 16.8 Å². The molecule has 0 atom stereocenters. The van der Waals surface area contributed by atoms with Gasteiger partial charge in [0.25, 0.3) is 0 Å². The highest BCUT2D eigenvalue weighted by atomic mass is 35.5. The molecule has 0 fully saturated rings. The molecule has 0 aliphatic heterocycles. The zero-order valence-corrected chi connectivity index (χ0v) is 8.68. The molecule has 1 aromatic carbocycles. The molecule has 15 heavy (non-hydrogen) atoms. The van der Waals surface area contributed by atoms with Gasteiger partial charge in [0.15, 0.2) is 11.6 Å². The van der Waals surface area contributed by atoms with Gasteiger partial charge in [-0.3, -0.25) is 9.59 Å². The number of hydrogen-bond acceptors (Lipinski definition) is 3. The van der Waals surface area contributed by atoms with Crippen molar-refractivity contribution < 1.29 is 18.7 Å². The third kappa shape index (κ3) is 2.76. The van der Waals surface area contributed by atoms with Gasteiger partial charge < -0.3 is 4.74 Å². The van der Waals surface area contributed by atoms with E-state index >= 15 is 0 Å². The molecular formula is C10H8ClFO3. The van der Waals surface area contributed by atoms with Crippen LogP contribution in [0.15, 0.2) is 18.2 Å². The summed E-state index contributed by atoms with van der Waals surface area (Å²) in [6.07, 6.45) is -0.492. The van der Waals surface area contributed by atoms with Crippen LogP contribution >= 0.6 is 11.6 Å². The standard InChI is InChI=1S/C10H8ClFO3/c1-15-9(14)5-8(13)6-3-2-4-7(11)10(6)12/h2-4H,5H2,1H3. The van der Waals surface area contributed by atoms with Crippen LogP contribution in [0.3, 0.4) is 0 Å². The number of ether oxygens (including phenoxy) is 1. The minimum atomic E-state index is -0.812. The maximum Gasteiger partial charge on any atom is 0.313 e. The third-order valence-corrected chi connectivity index (χ3v) is 2.08. The fraction of sp³-hybridized carbons (Fsp3) is 0.200. The number of carbonyl (C=O) groups excluding carboxylic acids is 2. The molecule has 3 nitrogen and oxygen atoms in total. The maximum atomic E-state index is 13.3. The zero-order valence-electron chi connectivity index (χ0n) is 7.92. The molecule has 0 bridgehead atoms. The van der Waals surface area contributed by atoms with Crippen molar-refractivity contribution in [2.45, 2.75) is 6.42 Å². The molecule has 1 aromatic rings. The fourth-order valence-corrected chi connectivity index (χ4v) is 1.19. The summed E-state index contributed by atoms with van der Waals surface area (Å²) in [6, 6.07) is 4.04. The van der Waals surface area contributed by atoms with Gasteiger partial charge in [0.2, 0.25) is 0 Å². The van der Waals surface area contributed by atoms with E-state index in [1.165, 1.54) is 18.2 Å². The van der Waals surface area contributed by atoms with E-state index in [9.17, 15) is 14.0 Å². The van der Waals surface area contributed by atoms with Crippen LogP contribution in [0.2, 0.25) is 5.02 Å².